The fraction of sp³-hybridized carbons (Fsp3) is 0.280. The van der Waals surface area contributed by atoms with Crippen molar-refractivity contribution in [2.45, 2.75) is 36.4 Å². The minimum atomic E-state index is -0.0747. The lowest BCUT2D eigenvalue weighted by atomic mass is 10.1. The van der Waals surface area contributed by atoms with Crippen LogP contribution in [0.1, 0.15) is 18.7 Å². The summed E-state index contributed by atoms with van der Waals surface area (Å²) in [4.78, 5) is 17.5. The van der Waals surface area contributed by atoms with E-state index in [0.717, 1.165) is 53.7 Å². The highest BCUT2D eigenvalue weighted by Gasteiger charge is 2.22. The predicted molar refractivity (Wildman–Crippen MR) is 132 cm³/mol. The third-order valence-corrected chi connectivity index (χ3v) is 7.31. The van der Waals surface area contributed by atoms with Crippen LogP contribution in [0.3, 0.4) is 0 Å². The number of benzene rings is 2. The van der Waals surface area contributed by atoms with Gasteiger partial charge in [-0.05, 0) is 30.5 Å². The van der Waals surface area contributed by atoms with Crippen molar-refractivity contribution in [1.29, 1.82) is 0 Å². The van der Waals surface area contributed by atoms with Crippen molar-refractivity contribution in [2.24, 2.45) is 7.05 Å². The molecule has 172 valence electrons. The van der Waals surface area contributed by atoms with E-state index in [9.17, 15) is 4.79 Å². The van der Waals surface area contributed by atoms with Crippen LogP contribution in [-0.2, 0) is 24.1 Å². The Morgan fingerprint density at radius 3 is 2.74 bits per heavy atom. The van der Waals surface area contributed by atoms with Gasteiger partial charge in [0, 0.05) is 13.7 Å². The SMILES string of the molecule is Cn1c(=O)c2ccccc2n2c(CSc3ncc(-c4ccccc4)n3CC3CCCO3)nnc12. The van der Waals surface area contributed by atoms with E-state index in [1.165, 1.54) is 0 Å². The molecule has 8 nitrogen and oxygen atoms in total. The van der Waals surface area contributed by atoms with E-state index in [4.69, 9.17) is 9.72 Å². The number of thioether (sulfide) groups is 1. The molecule has 0 spiro atoms. The topological polar surface area (TPSA) is 79.2 Å². The molecule has 0 aliphatic carbocycles. The predicted octanol–water partition coefficient (Wildman–Crippen LogP) is 3.92. The summed E-state index contributed by atoms with van der Waals surface area (Å²) < 4.78 is 11.7. The highest BCUT2D eigenvalue weighted by molar-refractivity contribution is 7.98. The smallest absolute Gasteiger partial charge is 0.262 e. The molecule has 4 heterocycles. The van der Waals surface area contributed by atoms with Crippen LogP contribution in [-0.4, -0.2) is 41.4 Å². The van der Waals surface area contributed by atoms with E-state index in [1.54, 1.807) is 23.4 Å². The van der Waals surface area contributed by atoms with Crippen LogP contribution in [0.2, 0.25) is 0 Å². The lowest BCUT2D eigenvalue weighted by molar-refractivity contribution is 0.0954. The summed E-state index contributed by atoms with van der Waals surface area (Å²) in [5, 5.41) is 10.3. The zero-order chi connectivity index (χ0) is 23.1. The largest absolute Gasteiger partial charge is 0.376 e. The second-order valence-electron chi connectivity index (χ2n) is 8.46. The maximum absolute atomic E-state index is 12.7. The lowest BCUT2D eigenvalue weighted by Gasteiger charge is -2.16. The summed E-state index contributed by atoms with van der Waals surface area (Å²) in [5.41, 5.74) is 2.95. The normalized spacial score (nSPS) is 16.1. The van der Waals surface area contributed by atoms with Gasteiger partial charge in [0.2, 0.25) is 5.78 Å². The van der Waals surface area contributed by atoms with E-state index >= 15 is 0 Å². The lowest BCUT2D eigenvalue weighted by Crippen LogP contribution is -2.20. The Morgan fingerprint density at radius 1 is 1.09 bits per heavy atom. The zero-order valence-corrected chi connectivity index (χ0v) is 19.6. The number of aromatic nitrogens is 6. The number of fused-ring (bicyclic) bond motifs is 3. The Labute approximate surface area is 200 Å². The van der Waals surface area contributed by atoms with Crippen LogP contribution in [0.5, 0.6) is 0 Å². The van der Waals surface area contributed by atoms with Gasteiger partial charge in [-0.1, -0.05) is 54.2 Å². The molecule has 5 aromatic rings. The Kier molecular flexibility index (Phi) is 5.43. The maximum atomic E-state index is 12.7. The molecule has 1 unspecified atom stereocenters. The molecule has 1 atom stereocenters. The first kappa shape index (κ1) is 21.1. The van der Waals surface area contributed by atoms with Crippen molar-refractivity contribution in [3.8, 4) is 11.3 Å². The van der Waals surface area contributed by atoms with Crippen LogP contribution in [0.4, 0.5) is 0 Å². The molecule has 6 rings (SSSR count). The molecule has 1 fully saturated rings. The van der Waals surface area contributed by atoms with Gasteiger partial charge in [0.25, 0.3) is 5.56 Å². The van der Waals surface area contributed by atoms with Crippen LogP contribution >= 0.6 is 11.8 Å². The Morgan fingerprint density at radius 2 is 1.91 bits per heavy atom. The van der Waals surface area contributed by atoms with Gasteiger partial charge in [0.15, 0.2) is 5.16 Å². The molecule has 0 N–H and O–H groups in total. The molecular formula is C25H24N6O2S. The first-order valence-corrected chi connectivity index (χ1v) is 12.4. The average Bonchev–Trinajstić information content (AvgIpc) is 3.63. The summed E-state index contributed by atoms with van der Waals surface area (Å²) in [5.74, 6) is 1.88. The third-order valence-electron chi connectivity index (χ3n) is 6.32. The number of nitrogens with zero attached hydrogens (tertiary/aromatic N) is 6. The van der Waals surface area contributed by atoms with Crippen molar-refractivity contribution in [3.63, 3.8) is 0 Å². The van der Waals surface area contributed by atoms with Crippen molar-refractivity contribution in [2.75, 3.05) is 6.61 Å². The number of imidazole rings is 1. The minimum absolute atomic E-state index is 0.0747. The zero-order valence-electron chi connectivity index (χ0n) is 18.8. The molecule has 0 saturated carbocycles. The monoisotopic (exact) mass is 472 g/mol. The van der Waals surface area contributed by atoms with E-state index in [2.05, 4.69) is 26.9 Å². The van der Waals surface area contributed by atoms with E-state index < -0.39 is 0 Å². The van der Waals surface area contributed by atoms with Gasteiger partial charge >= 0.3 is 0 Å². The van der Waals surface area contributed by atoms with Crippen LogP contribution in [0, 0.1) is 0 Å². The first-order valence-electron chi connectivity index (χ1n) is 11.4. The van der Waals surface area contributed by atoms with Gasteiger partial charge in [-0.25, -0.2) is 4.98 Å². The van der Waals surface area contributed by atoms with Gasteiger partial charge in [0.1, 0.15) is 5.82 Å². The number of rotatable bonds is 6. The maximum Gasteiger partial charge on any atom is 0.262 e. The summed E-state index contributed by atoms with van der Waals surface area (Å²) in [7, 11) is 1.73. The fourth-order valence-corrected chi connectivity index (χ4v) is 5.50. The number of aryl methyl sites for hydroxylation is 1. The molecular weight excluding hydrogens is 448 g/mol. The van der Waals surface area contributed by atoms with Crippen LogP contribution < -0.4 is 5.56 Å². The number of ether oxygens (including phenoxy) is 1. The highest BCUT2D eigenvalue weighted by Crippen LogP contribution is 2.30. The Balaban J connectivity index is 1.38. The van der Waals surface area contributed by atoms with Gasteiger partial charge in [-0.2, -0.15) is 0 Å². The molecule has 1 aliphatic rings. The van der Waals surface area contributed by atoms with E-state index in [0.29, 0.717) is 16.9 Å². The summed E-state index contributed by atoms with van der Waals surface area (Å²) in [6.07, 6.45) is 4.29. The van der Waals surface area contributed by atoms with E-state index in [-0.39, 0.29) is 11.7 Å². The summed E-state index contributed by atoms with van der Waals surface area (Å²) >= 11 is 1.62. The van der Waals surface area contributed by atoms with E-state index in [1.807, 2.05) is 53.1 Å². The highest BCUT2D eigenvalue weighted by atomic mass is 32.2. The fourth-order valence-electron chi connectivity index (χ4n) is 4.60. The van der Waals surface area contributed by atoms with Crippen LogP contribution in [0.15, 0.2) is 70.7 Å². The molecule has 0 amide bonds. The van der Waals surface area contributed by atoms with Crippen molar-refractivity contribution in [1.82, 2.24) is 28.7 Å². The van der Waals surface area contributed by atoms with Crippen molar-refractivity contribution < 1.29 is 4.74 Å². The van der Waals surface area contributed by atoms with Gasteiger partial charge in [-0.3, -0.25) is 13.8 Å². The molecule has 3 aromatic heterocycles. The number of para-hydroxylation sites is 1. The molecule has 1 saturated heterocycles. The van der Waals surface area contributed by atoms with Crippen LogP contribution in [0.25, 0.3) is 27.9 Å². The minimum Gasteiger partial charge on any atom is -0.376 e. The molecule has 2 aromatic carbocycles. The molecule has 1 aliphatic heterocycles. The standard InChI is InChI=1S/C25H24N6O2S/c1-29-23(32)19-11-5-6-12-20(19)31-22(27-28-24(29)31)16-34-25-26-14-21(17-8-3-2-4-9-17)30(25)15-18-10-7-13-33-18/h2-6,8-9,11-12,14,18H,7,10,13,15-16H2,1H3. The molecule has 34 heavy (non-hydrogen) atoms. The molecule has 0 radical (unpaired) electrons. The Bertz CT molecular complexity index is 1530. The summed E-state index contributed by atoms with van der Waals surface area (Å²) in [6.45, 7) is 1.59. The third kappa shape index (κ3) is 3.61. The second kappa shape index (κ2) is 8.73. The van der Waals surface area contributed by atoms with Crippen molar-refractivity contribution in [3.05, 3.63) is 77.0 Å². The first-order chi connectivity index (χ1) is 16.7. The molecule has 0 bridgehead atoms. The van der Waals surface area contributed by atoms with Gasteiger partial charge in [0.05, 0.1) is 41.2 Å². The number of hydrogen-bond donors (Lipinski definition) is 0. The van der Waals surface area contributed by atoms with Crippen molar-refractivity contribution >= 4 is 28.4 Å². The summed E-state index contributed by atoms with van der Waals surface area (Å²) in [6, 6.07) is 17.9. The molecule has 9 heteroatoms. The quantitative estimate of drug-likeness (QED) is 0.349. The number of hydrogen-bond acceptors (Lipinski definition) is 6. The Hall–Kier alpha value is -3.43. The second-order valence-corrected chi connectivity index (χ2v) is 9.40. The van der Waals surface area contributed by atoms with Gasteiger partial charge in [-0.15, -0.1) is 10.2 Å². The average molecular weight is 473 g/mol. The van der Waals surface area contributed by atoms with Gasteiger partial charge < -0.3 is 9.30 Å².